The molecule has 10 nitrogen and oxygen atoms in total. The van der Waals surface area contributed by atoms with E-state index in [-0.39, 0.29) is 24.2 Å². The van der Waals surface area contributed by atoms with Gasteiger partial charge in [-0.15, -0.1) is 0 Å². The van der Waals surface area contributed by atoms with Crippen LogP contribution in [0.15, 0.2) is 47.5 Å². The molecule has 0 fully saturated rings. The number of fused-ring (bicyclic) bond motifs is 2. The smallest absolute Gasteiger partial charge is 0.329 e. The minimum absolute atomic E-state index is 0.0153. The molecule has 0 atom stereocenters. The standard InChI is InChI=1S/C18H18ClN6O4P/c19-12-3-4-14-11(7-12)8-13(21-14)9-25-10-24(5-1-2-6-30(27,28)29)16-15(25)17(26)23-18(20)22-16/h1-4,7-8,10,21H,5-6,9H2,(H4-,20,22,23,26,27,28,29)/p+1/b2-1-. The number of H-pyrrole nitrogens is 2. The largest absolute Gasteiger partial charge is 0.356 e. The first-order chi connectivity index (χ1) is 14.2. The minimum atomic E-state index is -4.12. The van der Waals surface area contributed by atoms with Crippen molar-refractivity contribution in [1.29, 1.82) is 0 Å². The van der Waals surface area contributed by atoms with Crippen LogP contribution in [0.25, 0.3) is 22.1 Å². The third-order valence-electron chi connectivity index (χ3n) is 4.52. The fourth-order valence-corrected chi connectivity index (χ4v) is 3.90. The number of nitrogens with two attached hydrogens (primary N) is 1. The predicted octanol–water partition coefficient (Wildman–Crippen LogP) is 1.51. The molecule has 4 rings (SSSR count). The van der Waals surface area contributed by atoms with Gasteiger partial charge in [-0.3, -0.25) is 14.3 Å². The second kappa shape index (κ2) is 7.73. The average Bonchev–Trinajstić information content (AvgIpc) is 3.18. The highest BCUT2D eigenvalue weighted by Crippen LogP contribution is 2.33. The van der Waals surface area contributed by atoms with Crippen LogP contribution < -0.4 is 15.9 Å². The third-order valence-corrected chi connectivity index (χ3v) is 5.45. The van der Waals surface area contributed by atoms with Gasteiger partial charge in [0.1, 0.15) is 6.54 Å². The van der Waals surface area contributed by atoms with Crippen molar-refractivity contribution in [3.05, 3.63) is 63.8 Å². The number of allylic oxidation sites excluding steroid dienone is 2. The van der Waals surface area contributed by atoms with Crippen LogP contribution in [0.5, 0.6) is 0 Å². The van der Waals surface area contributed by atoms with Crippen LogP contribution in [0.2, 0.25) is 5.02 Å². The quantitative estimate of drug-likeness (QED) is 0.171. The van der Waals surface area contributed by atoms with E-state index >= 15 is 0 Å². The Morgan fingerprint density at radius 3 is 2.83 bits per heavy atom. The summed E-state index contributed by atoms with van der Waals surface area (Å²) in [6.07, 6.45) is 4.36. The van der Waals surface area contributed by atoms with Crippen molar-refractivity contribution in [3.63, 3.8) is 0 Å². The molecule has 0 saturated heterocycles. The lowest BCUT2D eigenvalue weighted by Crippen LogP contribution is -2.32. The second-order valence-electron chi connectivity index (χ2n) is 6.86. The van der Waals surface area contributed by atoms with Crippen molar-refractivity contribution in [2.45, 2.75) is 13.1 Å². The van der Waals surface area contributed by atoms with Crippen LogP contribution in [0.4, 0.5) is 5.95 Å². The molecule has 0 amide bonds. The maximum absolute atomic E-state index is 12.5. The number of benzene rings is 1. The number of rotatable bonds is 6. The molecule has 3 aromatic heterocycles. The fraction of sp³-hybridized carbons (Fsp3) is 0.167. The Morgan fingerprint density at radius 1 is 1.27 bits per heavy atom. The SMILES string of the molecule is Nc1nc2c(c(=O)[nH]1)n(Cc1cc3cc(Cl)ccc3[nH]1)c[n+]2C/C=C\CP(=O)(O)O. The van der Waals surface area contributed by atoms with Crippen LogP contribution in [-0.2, 0) is 17.7 Å². The first kappa shape index (κ1) is 20.4. The number of nitrogen functional groups attached to an aromatic ring is 1. The van der Waals surface area contributed by atoms with Crippen molar-refractivity contribution in [3.8, 4) is 0 Å². The molecular formula is C18H19ClN6O4P+. The number of hydrogen-bond acceptors (Lipinski definition) is 4. The zero-order valence-corrected chi connectivity index (χ0v) is 17.3. The molecular weight excluding hydrogens is 431 g/mol. The fourth-order valence-electron chi connectivity index (χ4n) is 3.30. The van der Waals surface area contributed by atoms with Crippen molar-refractivity contribution in [1.82, 2.24) is 19.5 Å². The van der Waals surface area contributed by atoms with Gasteiger partial charge in [0.05, 0.1) is 18.4 Å². The highest BCUT2D eigenvalue weighted by molar-refractivity contribution is 7.51. The van der Waals surface area contributed by atoms with Gasteiger partial charge in [-0.2, -0.15) is 0 Å². The van der Waals surface area contributed by atoms with E-state index < -0.39 is 7.60 Å². The van der Waals surface area contributed by atoms with Gasteiger partial charge in [-0.05, 0) is 24.3 Å². The summed E-state index contributed by atoms with van der Waals surface area (Å²) >= 11 is 6.05. The van der Waals surface area contributed by atoms with E-state index in [2.05, 4.69) is 15.0 Å². The zero-order chi connectivity index (χ0) is 21.5. The zero-order valence-electron chi connectivity index (χ0n) is 15.6. The number of imidazole rings is 1. The second-order valence-corrected chi connectivity index (χ2v) is 8.99. The Bertz CT molecular complexity index is 1380. The molecule has 4 aromatic rings. The summed E-state index contributed by atoms with van der Waals surface area (Å²) in [5, 5.41) is 1.59. The van der Waals surface area contributed by atoms with Gasteiger partial charge in [0, 0.05) is 15.9 Å². The molecule has 0 aliphatic heterocycles. The van der Waals surface area contributed by atoms with Gasteiger partial charge >= 0.3 is 13.2 Å². The van der Waals surface area contributed by atoms with Crippen LogP contribution in [0.1, 0.15) is 5.69 Å². The van der Waals surface area contributed by atoms with Gasteiger partial charge in [-0.1, -0.05) is 28.7 Å². The normalized spacial score (nSPS) is 12.5. The van der Waals surface area contributed by atoms with E-state index in [0.29, 0.717) is 22.7 Å². The first-order valence-corrected chi connectivity index (χ1v) is 11.1. The Morgan fingerprint density at radius 2 is 2.07 bits per heavy atom. The Kier molecular flexibility index (Phi) is 5.25. The van der Waals surface area contributed by atoms with E-state index in [1.54, 1.807) is 27.6 Å². The molecule has 0 unspecified atom stereocenters. The molecule has 30 heavy (non-hydrogen) atoms. The highest BCUT2D eigenvalue weighted by Gasteiger charge is 2.21. The van der Waals surface area contributed by atoms with Gasteiger partial charge in [-0.25, -0.2) is 9.13 Å². The molecule has 0 saturated carbocycles. The lowest BCUT2D eigenvalue weighted by molar-refractivity contribution is -0.663. The van der Waals surface area contributed by atoms with E-state index in [0.717, 1.165) is 16.6 Å². The van der Waals surface area contributed by atoms with Crippen molar-refractivity contribution in [2.75, 3.05) is 11.9 Å². The van der Waals surface area contributed by atoms with Gasteiger partial charge in [0.25, 0.3) is 11.5 Å². The molecule has 0 radical (unpaired) electrons. The number of aromatic amines is 2. The summed E-state index contributed by atoms with van der Waals surface area (Å²) in [6.45, 7) is 0.637. The summed E-state index contributed by atoms with van der Waals surface area (Å²) in [5.41, 5.74) is 7.82. The summed E-state index contributed by atoms with van der Waals surface area (Å²) in [5.74, 6) is -0.0153. The molecule has 156 valence electrons. The maximum atomic E-state index is 12.5. The number of nitrogens with one attached hydrogen (secondary N) is 2. The maximum Gasteiger partial charge on any atom is 0.329 e. The monoisotopic (exact) mass is 449 g/mol. The van der Waals surface area contributed by atoms with Crippen LogP contribution >= 0.6 is 19.2 Å². The lowest BCUT2D eigenvalue weighted by atomic mass is 10.2. The molecule has 0 aliphatic rings. The topological polar surface area (TPSA) is 154 Å². The van der Waals surface area contributed by atoms with E-state index in [1.165, 1.54) is 6.08 Å². The number of nitrogens with zero attached hydrogens (tertiary/aromatic N) is 3. The molecule has 12 heteroatoms. The molecule has 0 aliphatic carbocycles. The summed E-state index contributed by atoms with van der Waals surface area (Å²) in [6, 6.07) is 7.49. The Labute approximate surface area is 174 Å². The molecule has 0 bridgehead atoms. The van der Waals surface area contributed by atoms with E-state index in [4.69, 9.17) is 27.1 Å². The van der Waals surface area contributed by atoms with Crippen LogP contribution in [-0.4, -0.2) is 35.5 Å². The van der Waals surface area contributed by atoms with E-state index in [9.17, 15) is 9.36 Å². The minimum Gasteiger partial charge on any atom is -0.356 e. The number of halogens is 1. The molecule has 1 aromatic carbocycles. The van der Waals surface area contributed by atoms with E-state index in [1.807, 2.05) is 18.2 Å². The lowest BCUT2D eigenvalue weighted by Gasteiger charge is -1.97. The van der Waals surface area contributed by atoms with Crippen molar-refractivity contribution < 1.29 is 18.9 Å². The van der Waals surface area contributed by atoms with Gasteiger partial charge in [0.15, 0.2) is 6.33 Å². The highest BCUT2D eigenvalue weighted by atomic mass is 35.5. The number of anilines is 1. The summed E-state index contributed by atoms with van der Waals surface area (Å²) < 4.78 is 14.4. The van der Waals surface area contributed by atoms with Gasteiger partial charge < -0.3 is 20.5 Å². The van der Waals surface area contributed by atoms with Crippen LogP contribution in [0.3, 0.4) is 0 Å². The summed E-state index contributed by atoms with van der Waals surface area (Å²) in [4.78, 5) is 40.5. The molecule has 3 heterocycles. The molecule has 0 spiro atoms. The first-order valence-electron chi connectivity index (χ1n) is 8.94. The number of hydrogen-bond donors (Lipinski definition) is 5. The van der Waals surface area contributed by atoms with Crippen molar-refractivity contribution in [2.24, 2.45) is 0 Å². The van der Waals surface area contributed by atoms with Crippen LogP contribution in [0, 0.1) is 0 Å². The average molecular weight is 450 g/mol. The Hall–Kier alpha value is -2.91. The molecule has 6 N–H and O–H groups in total. The Balaban J connectivity index is 1.71. The predicted molar refractivity (Wildman–Crippen MR) is 113 cm³/mol. The van der Waals surface area contributed by atoms with Crippen molar-refractivity contribution >= 4 is 47.2 Å². The third kappa shape index (κ3) is 4.31. The summed E-state index contributed by atoms with van der Waals surface area (Å²) in [7, 11) is -4.12. The van der Waals surface area contributed by atoms with Gasteiger partial charge in [0.2, 0.25) is 5.52 Å². The number of aromatic nitrogens is 5.